The van der Waals surface area contributed by atoms with Gasteiger partial charge in [0.2, 0.25) is 5.95 Å². The van der Waals surface area contributed by atoms with Gasteiger partial charge in [-0.2, -0.15) is 0 Å². The molecule has 0 spiro atoms. The van der Waals surface area contributed by atoms with Gasteiger partial charge in [0.1, 0.15) is 5.69 Å². The highest BCUT2D eigenvalue weighted by Gasteiger charge is 2.24. The molecule has 4 heterocycles. The number of hydrogen-bond acceptors (Lipinski definition) is 7. The van der Waals surface area contributed by atoms with Crippen LogP contribution in [0.2, 0.25) is 0 Å². The smallest absolute Gasteiger partial charge is 0.272 e. The van der Waals surface area contributed by atoms with Gasteiger partial charge in [0.25, 0.3) is 5.91 Å². The van der Waals surface area contributed by atoms with Crippen molar-refractivity contribution < 1.29 is 9.53 Å². The summed E-state index contributed by atoms with van der Waals surface area (Å²) in [5.41, 5.74) is 1.37. The highest BCUT2D eigenvalue weighted by Crippen LogP contribution is 2.16. The number of anilines is 2. The molecule has 8 heteroatoms. The zero-order valence-electron chi connectivity index (χ0n) is 15.3. The van der Waals surface area contributed by atoms with Crippen LogP contribution in [0.5, 0.6) is 0 Å². The third kappa shape index (κ3) is 4.33. The minimum absolute atomic E-state index is 0.0376. The average Bonchev–Trinajstić information content (AvgIpc) is 3.26. The molecule has 4 rings (SSSR count). The number of amides is 1. The zero-order chi connectivity index (χ0) is 18.5. The van der Waals surface area contributed by atoms with Gasteiger partial charge in [-0.1, -0.05) is 0 Å². The molecule has 2 aliphatic heterocycles. The summed E-state index contributed by atoms with van der Waals surface area (Å²) < 4.78 is 5.63. The first kappa shape index (κ1) is 17.7. The van der Waals surface area contributed by atoms with Crippen molar-refractivity contribution in [2.24, 2.45) is 0 Å². The number of rotatable bonds is 5. The van der Waals surface area contributed by atoms with Crippen LogP contribution < -0.4 is 10.2 Å². The van der Waals surface area contributed by atoms with Gasteiger partial charge in [0.15, 0.2) is 0 Å². The highest BCUT2D eigenvalue weighted by molar-refractivity contribution is 5.93. The molecule has 8 nitrogen and oxygen atoms in total. The second-order valence-corrected chi connectivity index (χ2v) is 6.77. The lowest BCUT2D eigenvalue weighted by Crippen LogP contribution is -2.49. The monoisotopic (exact) mass is 368 g/mol. The van der Waals surface area contributed by atoms with Gasteiger partial charge in [0.05, 0.1) is 6.10 Å². The molecule has 0 aliphatic carbocycles. The number of hydrogen-bond donors (Lipinski definition) is 1. The van der Waals surface area contributed by atoms with Gasteiger partial charge in [-0.15, -0.1) is 0 Å². The van der Waals surface area contributed by atoms with Gasteiger partial charge < -0.3 is 19.9 Å². The van der Waals surface area contributed by atoms with E-state index in [9.17, 15) is 4.79 Å². The summed E-state index contributed by atoms with van der Waals surface area (Å²) in [5.74, 6) is 0.674. The van der Waals surface area contributed by atoms with Crippen LogP contribution >= 0.6 is 0 Å². The molecule has 0 radical (unpaired) electrons. The van der Waals surface area contributed by atoms with E-state index in [4.69, 9.17) is 4.74 Å². The molecule has 0 bridgehead atoms. The second kappa shape index (κ2) is 8.30. The SMILES string of the molecule is O=C(c1cc(NCC2CCCO2)ccn1)N1CCN(c2ncccn2)CC1. The van der Waals surface area contributed by atoms with Crippen molar-refractivity contribution >= 4 is 17.5 Å². The predicted octanol–water partition coefficient (Wildman–Crippen LogP) is 1.42. The largest absolute Gasteiger partial charge is 0.382 e. The number of aromatic nitrogens is 3. The lowest BCUT2D eigenvalue weighted by atomic mass is 10.2. The molecular formula is C19H24N6O2. The van der Waals surface area contributed by atoms with Crippen molar-refractivity contribution in [2.75, 3.05) is 49.5 Å². The van der Waals surface area contributed by atoms with Crippen LogP contribution in [0.3, 0.4) is 0 Å². The molecule has 2 aliphatic rings. The minimum Gasteiger partial charge on any atom is -0.382 e. The zero-order valence-corrected chi connectivity index (χ0v) is 15.3. The molecule has 142 valence electrons. The van der Waals surface area contributed by atoms with E-state index >= 15 is 0 Å². The third-order valence-electron chi connectivity index (χ3n) is 4.94. The molecule has 2 fully saturated rings. The first-order chi connectivity index (χ1) is 13.3. The van der Waals surface area contributed by atoms with E-state index in [1.54, 1.807) is 24.7 Å². The number of nitrogens with one attached hydrogen (secondary N) is 1. The van der Waals surface area contributed by atoms with Crippen molar-refractivity contribution in [3.05, 3.63) is 42.5 Å². The number of pyridine rings is 1. The molecule has 0 saturated carbocycles. The Morgan fingerprint density at radius 2 is 1.96 bits per heavy atom. The quantitative estimate of drug-likeness (QED) is 0.855. The summed E-state index contributed by atoms with van der Waals surface area (Å²) in [7, 11) is 0. The lowest BCUT2D eigenvalue weighted by molar-refractivity contribution is 0.0740. The second-order valence-electron chi connectivity index (χ2n) is 6.77. The molecule has 27 heavy (non-hydrogen) atoms. The van der Waals surface area contributed by atoms with Gasteiger partial charge in [0, 0.05) is 63.6 Å². The van der Waals surface area contributed by atoms with Crippen LogP contribution in [0.1, 0.15) is 23.3 Å². The Bertz CT molecular complexity index is 758. The molecule has 1 amide bonds. The van der Waals surface area contributed by atoms with E-state index < -0.39 is 0 Å². The van der Waals surface area contributed by atoms with Crippen molar-refractivity contribution in [3.8, 4) is 0 Å². The van der Waals surface area contributed by atoms with Gasteiger partial charge in [-0.05, 0) is 31.0 Å². The van der Waals surface area contributed by atoms with E-state index in [-0.39, 0.29) is 12.0 Å². The summed E-state index contributed by atoms with van der Waals surface area (Å²) in [4.78, 5) is 29.6. The van der Waals surface area contributed by atoms with Gasteiger partial charge in [-0.25, -0.2) is 9.97 Å². The van der Waals surface area contributed by atoms with Crippen molar-refractivity contribution in [1.82, 2.24) is 19.9 Å². The molecule has 2 saturated heterocycles. The third-order valence-corrected chi connectivity index (χ3v) is 4.94. The Morgan fingerprint density at radius 3 is 2.70 bits per heavy atom. The fraction of sp³-hybridized carbons (Fsp3) is 0.474. The normalized spacial score (nSPS) is 19.9. The fourth-order valence-electron chi connectivity index (χ4n) is 3.42. The van der Waals surface area contributed by atoms with E-state index in [0.29, 0.717) is 37.8 Å². The molecule has 1 unspecified atom stereocenters. The maximum Gasteiger partial charge on any atom is 0.272 e. The van der Waals surface area contributed by atoms with Crippen LogP contribution in [-0.4, -0.2) is 71.2 Å². The average molecular weight is 368 g/mol. The van der Waals surface area contributed by atoms with Crippen LogP contribution in [0.25, 0.3) is 0 Å². The standard InChI is InChI=1S/C19H24N6O2/c26-18(24-8-10-25(11-9-24)19-21-5-2-6-22-19)17-13-15(4-7-20-17)23-14-16-3-1-12-27-16/h2,4-7,13,16H,1,3,8-12,14H2,(H,20,23). The maximum absolute atomic E-state index is 12.8. The van der Waals surface area contributed by atoms with E-state index in [1.807, 2.05) is 17.0 Å². The fourth-order valence-corrected chi connectivity index (χ4v) is 3.42. The highest BCUT2D eigenvalue weighted by atomic mass is 16.5. The summed E-state index contributed by atoms with van der Waals surface area (Å²) in [6, 6.07) is 5.51. The summed E-state index contributed by atoms with van der Waals surface area (Å²) in [5, 5.41) is 3.35. The summed E-state index contributed by atoms with van der Waals surface area (Å²) in [6.07, 6.45) is 7.61. The first-order valence-corrected chi connectivity index (χ1v) is 9.42. The number of piperazine rings is 1. The number of carbonyl (C=O) groups is 1. The Kier molecular flexibility index (Phi) is 5.43. The van der Waals surface area contributed by atoms with E-state index in [2.05, 4.69) is 25.2 Å². The Morgan fingerprint density at radius 1 is 1.15 bits per heavy atom. The van der Waals surface area contributed by atoms with Crippen LogP contribution in [0.4, 0.5) is 11.6 Å². The van der Waals surface area contributed by atoms with Crippen molar-refractivity contribution in [3.63, 3.8) is 0 Å². The Balaban J connectivity index is 1.33. The summed E-state index contributed by atoms with van der Waals surface area (Å²) in [6.45, 7) is 4.29. The topological polar surface area (TPSA) is 83.5 Å². The molecule has 2 aromatic heterocycles. The summed E-state index contributed by atoms with van der Waals surface area (Å²) >= 11 is 0. The van der Waals surface area contributed by atoms with Gasteiger partial charge >= 0.3 is 0 Å². The molecule has 1 N–H and O–H groups in total. The van der Waals surface area contributed by atoms with E-state index in [1.165, 1.54) is 0 Å². The Labute approximate surface area is 158 Å². The van der Waals surface area contributed by atoms with Crippen molar-refractivity contribution in [2.45, 2.75) is 18.9 Å². The minimum atomic E-state index is -0.0376. The number of nitrogens with zero attached hydrogens (tertiary/aromatic N) is 5. The maximum atomic E-state index is 12.8. The molecular weight excluding hydrogens is 344 g/mol. The Hall–Kier alpha value is -2.74. The number of carbonyl (C=O) groups excluding carboxylic acids is 1. The molecule has 1 atom stereocenters. The molecule has 2 aromatic rings. The first-order valence-electron chi connectivity index (χ1n) is 9.42. The van der Waals surface area contributed by atoms with Crippen LogP contribution in [0.15, 0.2) is 36.8 Å². The number of ether oxygens (including phenoxy) is 1. The van der Waals surface area contributed by atoms with Crippen LogP contribution in [0, 0.1) is 0 Å². The van der Waals surface area contributed by atoms with Gasteiger partial charge in [-0.3, -0.25) is 9.78 Å². The molecule has 0 aromatic carbocycles. The van der Waals surface area contributed by atoms with Crippen molar-refractivity contribution in [1.29, 1.82) is 0 Å². The predicted molar refractivity (Wildman–Crippen MR) is 102 cm³/mol. The lowest BCUT2D eigenvalue weighted by Gasteiger charge is -2.34. The van der Waals surface area contributed by atoms with Crippen LogP contribution in [-0.2, 0) is 4.74 Å². The van der Waals surface area contributed by atoms with E-state index in [0.717, 1.165) is 31.7 Å².